The first-order valence-electron chi connectivity index (χ1n) is 13.0. The van der Waals surface area contributed by atoms with Crippen molar-refractivity contribution in [3.63, 3.8) is 0 Å². The van der Waals surface area contributed by atoms with Gasteiger partial charge in [-0.05, 0) is 80.3 Å². The van der Waals surface area contributed by atoms with E-state index in [1.54, 1.807) is 0 Å². The molecule has 0 aliphatic carbocycles. The molecule has 2 N–H and O–H groups in total. The third kappa shape index (κ3) is 6.28. The van der Waals surface area contributed by atoms with E-state index in [4.69, 9.17) is 4.74 Å². The lowest BCUT2D eigenvalue weighted by molar-refractivity contribution is 0.0986. The van der Waals surface area contributed by atoms with E-state index in [1.165, 1.54) is 0 Å². The van der Waals surface area contributed by atoms with Crippen LogP contribution in [0.15, 0.2) is 79.1 Å². The molecule has 3 aromatic rings. The summed E-state index contributed by atoms with van der Waals surface area (Å²) in [6.07, 6.45) is 7.92. The van der Waals surface area contributed by atoms with Gasteiger partial charge in [0.1, 0.15) is 5.75 Å². The largest absolute Gasteiger partial charge is 0.493 e. The Labute approximate surface area is 214 Å². The normalized spacial score (nSPS) is 14.8. The van der Waals surface area contributed by atoms with Crippen LogP contribution >= 0.6 is 0 Å². The van der Waals surface area contributed by atoms with Crippen LogP contribution in [0.1, 0.15) is 55.5 Å². The Kier molecular flexibility index (Phi) is 8.66. The lowest BCUT2D eigenvalue weighted by Crippen LogP contribution is -2.32. The number of carbonyl (C=O) groups is 1. The predicted octanol–water partition coefficient (Wildman–Crippen LogP) is 7.53. The van der Waals surface area contributed by atoms with Gasteiger partial charge in [-0.2, -0.15) is 0 Å². The monoisotopic (exact) mass is 483 g/mol. The Balaban J connectivity index is 1.73. The van der Waals surface area contributed by atoms with Crippen LogP contribution in [-0.4, -0.2) is 30.1 Å². The Morgan fingerprint density at radius 2 is 1.89 bits per heavy atom. The molecule has 0 fully saturated rings. The number of H-pyrrole nitrogens is 1. The number of para-hydroxylation sites is 2. The standard InChI is InChI=1S/C31H37N3O2/c1-4-5-8-20-36-30-22-26(13-14-27(30)25-10-9-17-32-18-15-23(2)21-25)31(35)34-19-16-24(3)33-28-11-6-7-12-29(28)34/h6-7,9-15,17-18,21-22,24,32-33H,4-5,8,16,19-20H2,1-3H3/t24-/m0/s1. The molecule has 4 rings (SSSR count). The second-order valence-corrected chi connectivity index (χ2v) is 9.44. The average molecular weight is 484 g/mol. The average Bonchev–Trinajstić information content (AvgIpc) is 2.97. The summed E-state index contributed by atoms with van der Waals surface area (Å²) in [7, 11) is 0. The van der Waals surface area contributed by atoms with Crippen LogP contribution in [0.4, 0.5) is 11.4 Å². The number of nitrogens with one attached hydrogen (secondary N) is 2. The van der Waals surface area contributed by atoms with Crippen molar-refractivity contribution in [2.75, 3.05) is 23.4 Å². The Morgan fingerprint density at radius 3 is 2.75 bits per heavy atom. The summed E-state index contributed by atoms with van der Waals surface area (Å²) >= 11 is 0. The fraction of sp³-hybridized carbons (Fsp3) is 0.323. The number of benzene rings is 2. The number of nitrogens with zero attached hydrogens (tertiary/aromatic N) is 1. The summed E-state index contributed by atoms with van der Waals surface area (Å²) in [4.78, 5) is 18.9. The molecule has 2 aromatic carbocycles. The van der Waals surface area contributed by atoms with Gasteiger partial charge in [-0.25, -0.2) is 0 Å². The van der Waals surface area contributed by atoms with Crippen LogP contribution < -0.4 is 15.0 Å². The van der Waals surface area contributed by atoms with E-state index >= 15 is 0 Å². The minimum Gasteiger partial charge on any atom is -0.493 e. The Morgan fingerprint density at radius 1 is 1.03 bits per heavy atom. The topological polar surface area (TPSA) is 57.4 Å². The second kappa shape index (κ2) is 12.3. The second-order valence-electron chi connectivity index (χ2n) is 9.44. The molecule has 1 atom stereocenters. The van der Waals surface area contributed by atoms with Crippen LogP contribution in [-0.2, 0) is 0 Å². The van der Waals surface area contributed by atoms with Gasteiger partial charge in [-0.15, -0.1) is 0 Å². The molecule has 0 saturated heterocycles. The first-order chi connectivity index (χ1) is 17.6. The number of fused-ring (bicyclic) bond motifs is 1. The predicted molar refractivity (Wildman–Crippen MR) is 149 cm³/mol. The highest BCUT2D eigenvalue weighted by Crippen LogP contribution is 2.34. The van der Waals surface area contributed by atoms with E-state index in [9.17, 15) is 4.79 Å². The van der Waals surface area contributed by atoms with Crippen LogP contribution in [0.3, 0.4) is 0 Å². The van der Waals surface area contributed by atoms with Crippen molar-refractivity contribution in [2.24, 2.45) is 0 Å². The zero-order valence-corrected chi connectivity index (χ0v) is 21.6. The number of amides is 1. The molecule has 0 spiro atoms. The van der Waals surface area contributed by atoms with Crippen molar-refractivity contribution >= 4 is 17.3 Å². The summed E-state index contributed by atoms with van der Waals surface area (Å²) in [6, 6.07) is 22.4. The molecule has 0 bridgehead atoms. The molecule has 0 saturated carbocycles. The number of anilines is 2. The number of unbranched alkanes of at least 4 members (excludes halogenated alkanes) is 2. The van der Waals surface area contributed by atoms with Gasteiger partial charge in [-0.3, -0.25) is 4.79 Å². The summed E-state index contributed by atoms with van der Waals surface area (Å²) in [6.45, 7) is 7.70. The van der Waals surface area contributed by atoms with Crippen molar-refractivity contribution in [1.82, 2.24) is 4.98 Å². The van der Waals surface area contributed by atoms with Gasteiger partial charge >= 0.3 is 0 Å². The molecule has 188 valence electrons. The minimum atomic E-state index is -0.00879. The number of hydrogen-bond donors (Lipinski definition) is 2. The van der Waals surface area contributed by atoms with Gasteiger partial charge in [0.25, 0.3) is 5.91 Å². The lowest BCUT2D eigenvalue weighted by Gasteiger charge is -2.23. The number of aromatic amines is 1. The van der Waals surface area contributed by atoms with Gasteiger partial charge in [0.2, 0.25) is 0 Å². The smallest absolute Gasteiger partial charge is 0.258 e. The molecule has 2 heterocycles. The first-order valence-corrected chi connectivity index (χ1v) is 13.0. The van der Waals surface area contributed by atoms with E-state index in [1.807, 2.05) is 71.9 Å². The van der Waals surface area contributed by atoms with Crippen molar-refractivity contribution in [2.45, 2.75) is 52.5 Å². The fourth-order valence-corrected chi connectivity index (χ4v) is 4.48. The van der Waals surface area contributed by atoms with Gasteiger partial charge in [0.05, 0.1) is 18.0 Å². The molecule has 1 aliphatic heterocycles. The molecule has 5 nitrogen and oxygen atoms in total. The molecule has 1 aromatic heterocycles. The third-order valence-corrected chi connectivity index (χ3v) is 6.47. The molecule has 1 amide bonds. The maximum atomic E-state index is 13.8. The summed E-state index contributed by atoms with van der Waals surface area (Å²) in [5.74, 6) is 0.733. The third-order valence-electron chi connectivity index (χ3n) is 6.47. The number of ether oxygens (including phenoxy) is 1. The summed E-state index contributed by atoms with van der Waals surface area (Å²) in [5.41, 5.74) is 5.69. The first kappa shape index (κ1) is 25.4. The molecule has 36 heavy (non-hydrogen) atoms. The Bertz CT molecular complexity index is 1230. The number of hydrogen-bond acceptors (Lipinski definition) is 3. The van der Waals surface area contributed by atoms with Crippen molar-refractivity contribution < 1.29 is 9.53 Å². The molecule has 0 radical (unpaired) electrons. The van der Waals surface area contributed by atoms with E-state index in [0.29, 0.717) is 24.8 Å². The highest BCUT2D eigenvalue weighted by molar-refractivity contribution is 6.08. The minimum absolute atomic E-state index is 0.00879. The number of carbonyl (C=O) groups excluding carboxylic acids is 1. The van der Waals surface area contributed by atoms with Crippen LogP contribution in [0, 0.1) is 6.92 Å². The zero-order chi connectivity index (χ0) is 25.3. The number of aromatic nitrogens is 1. The van der Waals surface area contributed by atoms with Crippen LogP contribution in [0.5, 0.6) is 5.75 Å². The quantitative estimate of drug-likeness (QED) is 0.341. The fourth-order valence-electron chi connectivity index (χ4n) is 4.48. The maximum absolute atomic E-state index is 13.8. The molecular formula is C31H37N3O2. The lowest BCUT2D eigenvalue weighted by atomic mass is 10.0. The van der Waals surface area contributed by atoms with Gasteiger partial charge in [0.15, 0.2) is 0 Å². The number of aryl methyl sites for hydroxylation is 1. The van der Waals surface area contributed by atoms with Gasteiger partial charge in [-0.1, -0.05) is 44.0 Å². The van der Waals surface area contributed by atoms with Crippen LogP contribution in [0.2, 0.25) is 0 Å². The summed E-state index contributed by atoms with van der Waals surface area (Å²) < 4.78 is 6.31. The molecule has 1 aliphatic rings. The SMILES string of the molecule is CCCCCOc1cc(C(=O)N2CC[C@H](C)Nc3ccccc32)ccc1-c1ccc[nH]ccc(C)c1. The van der Waals surface area contributed by atoms with Crippen molar-refractivity contribution in [3.8, 4) is 16.9 Å². The zero-order valence-electron chi connectivity index (χ0n) is 21.6. The van der Waals surface area contributed by atoms with Crippen molar-refractivity contribution in [3.05, 3.63) is 90.3 Å². The molecular weight excluding hydrogens is 446 g/mol. The van der Waals surface area contributed by atoms with Gasteiger partial charge < -0.3 is 19.9 Å². The highest BCUT2D eigenvalue weighted by atomic mass is 16.5. The molecule has 0 unspecified atom stereocenters. The van der Waals surface area contributed by atoms with E-state index in [2.05, 4.69) is 43.2 Å². The summed E-state index contributed by atoms with van der Waals surface area (Å²) in [5, 5.41) is 3.53. The van der Waals surface area contributed by atoms with Gasteiger partial charge in [0, 0.05) is 36.1 Å². The van der Waals surface area contributed by atoms with Crippen molar-refractivity contribution in [1.29, 1.82) is 0 Å². The highest BCUT2D eigenvalue weighted by Gasteiger charge is 2.25. The maximum Gasteiger partial charge on any atom is 0.258 e. The van der Waals surface area contributed by atoms with Crippen LogP contribution in [0.25, 0.3) is 11.1 Å². The molecule has 5 heteroatoms. The van der Waals surface area contributed by atoms with E-state index in [-0.39, 0.29) is 5.91 Å². The van der Waals surface area contributed by atoms with E-state index < -0.39 is 0 Å². The Hall–Kier alpha value is -3.73. The number of rotatable bonds is 7. The van der Waals surface area contributed by atoms with E-state index in [0.717, 1.165) is 59.5 Å².